The van der Waals surface area contributed by atoms with Crippen molar-refractivity contribution < 1.29 is 14.3 Å². The molecule has 2 amide bonds. The smallest absolute Gasteiger partial charge is 0.225 e. The Morgan fingerprint density at radius 1 is 1.16 bits per heavy atom. The first kappa shape index (κ1) is 19.3. The van der Waals surface area contributed by atoms with Gasteiger partial charge < -0.3 is 15.0 Å². The van der Waals surface area contributed by atoms with E-state index in [1.165, 1.54) is 0 Å². The Balaban J connectivity index is 2.21. The van der Waals surface area contributed by atoms with E-state index in [4.69, 9.17) is 4.74 Å². The van der Waals surface area contributed by atoms with Crippen LogP contribution < -0.4 is 10.1 Å². The SMILES string of the molecule is COc1ccc([C@@H]2CN(C(=O)C(C)C)C[C@H]2C(=O)NCC(C)C)cc1. The fraction of sp³-hybridized carbons (Fsp3) is 0.600. The molecule has 1 aromatic rings. The molecule has 2 atom stereocenters. The van der Waals surface area contributed by atoms with Crippen molar-refractivity contribution in [2.75, 3.05) is 26.7 Å². The van der Waals surface area contributed by atoms with Gasteiger partial charge in [0.1, 0.15) is 5.75 Å². The lowest BCUT2D eigenvalue weighted by molar-refractivity contribution is -0.133. The number of nitrogens with one attached hydrogen (secondary N) is 1. The zero-order valence-electron chi connectivity index (χ0n) is 15.9. The number of carbonyl (C=O) groups excluding carboxylic acids is 2. The molecule has 2 rings (SSSR count). The van der Waals surface area contributed by atoms with Gasteiger partial charge in [-0.1, -0.05) is 39.8 Å². The van der Waals surface area contributed by atoms with Crippen LogP contribution >= 0.6 is 0 Å². The summed E-state index contributed by atoms with van der Waals surface area (Å²) in [5.74, 6) is 1.08. The number of hydrogen-bond donors (Lipinski definition) is 1. The molecule has 1 saturated heterocycles. The molecule has 1 aliphatic heterocycles. The molecule has 1 aliphatic rings. The minimum absolute atomic E-state index is 0.0146. The highest BCUT2D eigenvalue weighted by atomic mass is 16.5. The van der Waals surface area contributed by atoms with Gasteiger partial charge in [0.25, 0.3) is 0 Å². The lowest BCUT2D eigenvalue weighted by atomic mass is 9.88. The van der Waals surface area contributed by atoms with Crippen LogP contribution in [0.15, 0.2) is 24.3 Å². The zero-order valence-corrected chi connectivity index (χ0v) is 15.9. The molecule has 0 radical (unpaired) electrons. The minimum atomic E-state index is -0.213. The number of amides is 2. The van der Waals surface area contributed by atoms with Gasteiger partial charge in [0.2, 0.25) is 11.8 Å². The summed E-state index contributed by atoms with van der Waals surface area (Å²) in [6, 6.07) is 7.81. The Bertz CT molecular complexity index is 595. The van der Waals surface area contributed by atoms with Crippen molar-refractivity contribution in [2.24, 2.45) is 17.8 Å². The number of hydrogen-bond acceptors (Lipinski definition) is 3. The van der Waals surface area contributed by atoms with Crippen LogP contribution in [0.5, 0.6) is 5.75 Å². The molecule has 0 unspecified atom stereocenters. The number of benzene rings is 1. The molecule has 0 aromatic heterocycles. The standard InChI is InChI=1S/C20H30N2O3/c1-13(2)10-21-19(23)18-12-22(20(24)14(3)4)11-17(18)15-6-8-16(25-5)9-7-15/h6-9,13-14,17-18H,10-12H2,1-5H3,(H,21,23)/t17-,18+/m0/s1. The molecule has 5 heteroatoms. The molecule has 0 bridgehead atoms. The third-order valence-electron chi connectivity index (χ3n) is 4.69. The molecular formula is C20H30N2O3. The molecule has 1 fully saturated rings. The molecule has 0 saturated carbocycles. The van der Waals surface area contributed by atoms with Crippen molar-refractivity contribution in [2.45, 2.75) is 33.6 Å². The first-order valence-corrected chi connectivity index (χ1v) is 9.04. The predicted octanol–water partition coefficient (Wildman–Crippen LogP) is 2.67. The Hall–Kier alpha value is -2.04. The van der Waals surface area contributed by atoms with Gasteiger partial charge in [0.05, 0.1) is 13.0 Å². The molecule has 25 heavy (non-hydrogen) atoms. The number of likely N-dealkylation sites (tertiary alicyclic amines) is 1. The third-order valence-corrected chi connectivity index (χ3v) is 4.69. The lowest BCUT2D eigenvalue weighted by Gasteiger charge is -2.19. The van der Waals surface area contributed by atoms with E-state index < -0.39 is 0 Å². The maximum absolute atomic E-state index is 12.7. The number of nitrogens with zero attached hydrogens (tertiary/aromatic N) is 1. The van der Waals surface area contributed by atoms with Crippen LogP contribution in [0.2, 0.25) is 0 Å². The topological polar surface area (TPSA) is 58.6 Å². The highest BCUT2D eigenvalue weighted by Gasteiger charge is 2.40. The third kappa shape index (κ3) is 4.74. The molecule has 1 heterocycles. The summed E-state index contributed by atoms with van der Waals surface area (Å²) in [5.41, 5.74) is 1.07. The Kier molecular flexibility index (Phi) is 6.45. The zero-order chi connectivity index (χ0) is 18.6. The van der Waals surface area contributed by atoms with Gasteiger partial charge in [-0.15, -0.1) is 0 Å². The summed E-state index contributed by atoms with van der Waals surface area (Å²) in [5, 5.41) is 3.03. The van der Waals surface area contributed by atoms with E-state index in [1.807, 2.05) is 43.0 Å². The fourth-order valence-electron chi connectivity index (χ4n) is 3.24. The number of methoxy groups -OCH3 is 1. The summed E-state index contributed by atoms with van der Waals surface area (Å²) < 4.78 is 5.22. The van der Waals surface area contributed by atoms with E-state index in [0.717, 1.165) is 11.3 Å². The van der Waals surface area contributed by atoms with E-state index in [-0.39, 0.29) is 29.6 Å². The van der Waals surface area contributed by atoms with Gasteiger partial charge in [-0.2, -0.15) is 0 Å². The minimum Gasteiger partial charge on any atom is -0.497 e. The van der Waals surface area contributed by atoms with E-state index >= 15 is 0 Å². The predicted molar refractivity (Wildman–Crippen MR) is 98.5 cm³/mol. The average Bonchev–Trinajstić information content (AvgIpc) is 3.04. The summed E-state index contributed by atoms with van der Waals surface area (Å²) in [4.78, 5) is 27.0. The van der Waals surface area contributed by atoms with E-state index in [1.54, 1.807) is 7.11 Å². The number of rotatable bonds is 6. The second-order valence-electron chi connectivity index (χ2n) is 7.52. The van der Waals surface area contributed by atoms with E-state index in [2.05, 4.69) is 19.2 Å². The summed E-state index contributed by atoms with van der Waals surface area (Å²) in [7, 11) is 1.63. The van der Waals surface area contributed by atoms with Gasteiger partial charge in [0, 0.05) is 31.5 Å². The van der Waals surface area contributed by atoms with Gasteiger partial charge in [0.15, 0.2) is 0 Å². The first-order valence-electron chi connectivity index (χ1n) is 9.04. The highest BCUT2D eigenvalue weighted by molar-refractivity contribution is 5.84. The van der Waals surface area contributed by atoms with Crippen molar-refractivity contribution in [3.05, 3.63) is 29.8 Å². The van der Waals surface area contributed by atoms with Crippen LogP contribution in [0.4, 0.5) is 0 Å². The molecule has 138 valence electrons. The summed E-state index contributed by atoms with van der Waals surface area (Å²) >= 11 is 0. The van der Waals surface area contributed by atoms with Crippen LogP contribution in [0.3, 0.4) is 0 Å². The van der Waals surface area contributed by atoms with E-state index in [9.17, 15) is 9.59 Å². The second-order valence-corrected chi connectivity index (χ2v) is 7.52. The molecule has 5 nitrogen and oxygen atoms in total. The fourth-order valence-corrected chi connectivity index (χ4v) is 3.24. The van der Waals surface area contributed by atoms with E-state index in [0.29, 0.717) is 25.6 Å². The van der Waals surface area contributed by atoms with Crippen LogP contribution in [0, 0.1) is 17.8 Å². The van der Waals surface area contributed by atoms with Gasteiger partial charge in [-0.25, -0.2) is 0 Å². The molecule has 0 spiro atoms. The maximum Gasteiger partial charge on any atom is 0.225 e. The number of ether oxygens (including phenoxy) is 1. The maximum atomic E-state index is 12.7. The summed E-state index contributed by atoms with van der Waals surface area (Å²) in [6.45, 7) is 9.67. The number of carbonyl (C=O) groups is 2. The van der Waals surface area contributed by atoms with Gasteiger partial charge in [-0.05, 0) is 23.6 Å². The van der Waals surface area contributed by atoms with Crippen LogP contribution in [0.25, 0.3) is 0 Å². The normalized spacial score (nSPS) is 20.2. The molecule has 1 aromatic carbocycles. The van der Waals surface area contributed by atoms with Crippen molar-refractivity contribution in [3.63, 3.8) is 0 Å². The quantitative estimate of drug-likeness (QED) is 0.861. The Morgan fingerprint density at radius 2 is 1.80 bits per heavy atom. The van der Waals surface area contributed by atoms with Crippen LogP contribution in [-0.4, -0.2) is 43.5 Å². The highest BCUT2D eigenvalue weighted by Crippen LogP contribution is 2.34. The Labute approximate surface area is 150 Å². The largest absolute Gasteiger partial charge is 0.497 e. The molecule has 1 N–H and O–H groups in total. The van der Waals surface area contributed by atoms with Crippen LogP contribution in [-0.2, 0) is 9.59 Å². The van der Waals surface area contributed by atoms with Crippen molar-refractivity contribution in [1.29, 1.82) is 0 Å². The lowest BCUT2D eigenvalue weighted by Crippen LogP contribution is -2.37. The monoisotopic (exact) mass is 346 g/mol. The van der Waals surface area contributed by atoms with Crippen molar-refractivity contribution >= 4 is 11.8 Å². The van der Waals surface area contributed by atoms with Crippen molar-refractivity contribution in [1.82, 2.24) is 10.2 Å². The second kappa shape index (κ2) is 8.37. The van der Waals surface area contributed by atoms with Gasteiger partial charge in [-0.3, -0.25) is 9.59 Å². The van der Waals surface area contributed by atoms with Gasteiger partial charge >= 0.3 is 0 Å². The summed E-state index contributed by atoms with van der Waals surface area (Å²) in [6.07, 6.45) is 0. The van der Waals surface area contributed by atoms with Crippen LogP contribution in [0.1, 0.15) is 39.2 Å². The molecular weight excluding hydrogens is 316 g/mol. The average molecular weight is 346 g/mol. The Morgan fingerprint density at radius 3 is 2.32 bits per heavy atom. The first-order chi connectivity index (χ1) is 11.8. The van der Waals surface area contributed by atoms with Crippen molar-refractivity contribution in [3.8, 4) is 5.75 Å². The molecule has 0 aliphatic carbocycles.